The van der Waals surface area contributed by atoms with Crippen LogP contribution in [0.25, 0.3) is 27.8 Å². The normalized spacial score (nSPS) is 10.9. The van der Waals surface area contributed by atoms with Crippen LogP contribution in [0.1, 0.15) is 5.56 Å². The number of hydrogen-bond donors (Lipinski definition) is 1. The van der Waals surface area contributed by atoms with Gasteiger partial charge in [0.05, 0.1) is 24.6 Å². The maximum Gasteiger partial charge on any atom is 0.307 e. The monoisotopic (exact) mass is 358 g/mol. The molecule has 1 N–H and O–H groups in total. The highest BCUT2D eigenvalue weighted by molar-refractivity contribution is 5.85. The molecule has 1 aromatic heterocycles. The fourth-order valence-corrected chi connectivity index (χ4v) is 3.22. The summed E-state index contributed by atoms with van der Waals surface area (Å²) in [6.45, 7) is 0. The third kappa shape index (κ3) is 3.27. The molecule has 0 amide bonds. The van der Waals surface area contributed by atoms with Crippen LogP contribution in [0, 0.1) is 0 Å². The van der Waals surface area contributed by atoms with Crippen molar-refractivity contribution < 1.29 is 14.6 Å². The lowest BCUT2D eigenvalue weighted by Crippen LogP contribution is -2.00. The topological polar surface area (TPSA) is 64.4 Å². The Bertz CT molecular complexity index is 1110. The first kappa shape index (κ1) is 16.8. The van der Waals surface area contributed by atoms with E-state index >= 15 is 0 Å². The van der Waals surface area contributed by atoms with Gasteiger partial charge < -0.3 is 9.84 Å². The standard InChI is InChI=1S/C22H18N2O3/c1-27-21-5-3-2-4-18(21)16-8-11-20-19(13-16)23-14-24(20)17-9-6-15(7-10-17)12-22(25)26/h2-11,13-14H,12H2,1H3,(H,25,26). The van der Waals surface area contributed by atoms with E-state index in [1.807, 2.05) is 65.2 Å². The first-order valence-electron chi connectivity index (χ1n) is 8.57. The van der Waals surface area contributed by atoms with E-state index in [0.29, 0.717) is 0 Å². The molecule has 0 fully saturated rings. The number of ether oxygens (including phenoxy) is 1. The highest BCUT2D eigenvalue weighted by Crippen LogP contribution is 2.31. The van der Waals surface area contributed by atoms with Gasteiger partial charge >= 0.3 is 5.97 Å². The lowest BCUT2D eigenvalue weighted by Gasteiger charge is -2.09. The second-order valence-corrected chi connectivity index (χ2v) is 6.26. The van der Waals surface area contributed by atoms with Crippen molar-refractivity contribution in [2.45, 2.75) is 6.42 Å². The number of aromatic nitrogens is 2. The van der Waals surface area contributed by atoms with Crippen LogP contribution in [-0.2, 0) is 11.2 Å². The van der Waals surface area contributed by atoms with Gasteiger partial charge in [-0.25, -0.2) is 4.98 Å². The van der Waals surface area contributed by atoms with Gasteiger partial charge in [0.2, 0.25) is 0 Å². The maximum atomic E-state index is 10.8. The van der Waals surface area contributed by atoms with Gasteiger partial charge in [0.15, 0.2) is 0 Å². The quantitative estimate of drug-likeness (QED) is 0.577. The molecule has 5 heteroatoms. The number of rotatable bonds is 5. The number of carboxylic acid groups (broad SMARTS) is 1. The molecule has 5 nitrogen and oxygen atoms in total. The molecule has 0 aliphatic carbocycles. The number of carboxylic acids is 1. The zero-order valence-electron chi connectivity index (χ0n) is 14.8. The van der Waals surface area contributed by atoms with Gasteiger partial charge in [-0.2, -0.15) is 0 Å². The molecular weight excluding hydrogens is 340 g/mol. The molecule has 0 saturated heterocycles. The van der Waals surface area contributed by atoms with Crippen LogP contribution in [0.3, 0.4) is 0 Å². The Morgan fingerprint density at radius 2 is 1.85 bits per heavy atom. The Hall–Kier alpha value is -3.60. The van der Waals surface area contributed by atoms with E-state index in [1.54, 1.807) is 13.4 Å². The van der Waals surface area contributed by atoms with Gasteiger partial charge in [0.1, 0.15) is 12.1 Å². The van der Waals surface area contributed by atoms with E-state index in [-0.39, 0.29) is 6.42 Å². The van der Waals surface area contributed by atoms with Gasteiger partial charge in [-0.05, 0) is 41.5 Å². The molecule has 4 aromatic rings. The zero-order chi connectivity index (χ0) is 18.8. The number of aliphatic carboxylic acids is 1. The Morgan fingerprint density at radius 3 is 2.59 bits per heavy atom. The first-order valence-corrected chi connectivity index (χ1v) is 8.57. The predicted molar refractivity (Wildman–Crippen MR) is 104 cm³/mol. The van der Waals surface area contributed by atoms with Crippen molar-refractivity contribution in [3.8, 4) is 22.6 Å². The minimum absolute atomic E-state index is 0.0211. The molecule has 0 spiro atoms. The molecule has 0 atom stereocenters. The fraction of sp³-hybridized carbons (Fsp3) is 0.0909. The molecule has 3 aromatic carbocycles. The van der Waals surface area contributed by atoms with Crippen molar-refractivity contribution in [2.75, 3.05) is 7.11 Å². The van der Waals surface area contributed by atoms with Crippen molar-refractivity contribution in [2.24, 2.45) is 0 Å². The predicted octanol–water partition coefficient (Wildman–Crippen LogP) is 4.33. The molecule has 1 heterocycles. The van der Waals surface area contributed by atoms with Crippen LogP contribution in [0.2, 0.25) is 0 Å². The lowest BCUT2D eigenvalue weighted by molar-refractivity contribution is -0.136. The van der Waals surface area contributed by atoms with E-state index < -0.39 is 5.97 Å². The van der Waals surface area contributed by atoms with Gasteiger partial charge in [0.25, 0.3) is 0 Å². The number of para-hydroxylation sites is 1. The lowest BCUT2D eigenvalue weighted by atomic mass is 10.0. The molecule has 0 aliphatic rings. The average Bonchev–Trinajstić information content (AvgIpc) is 3.11. The second kappa shape index (κ2) is 6.96. The van der Waals surface area contributed by atoms with Crippen molar-refractivity contribution in [3.63, 3.8) is 0 Å². The minimum atomic E-state index is -0.834. The molecule has 0 aliphatic heterocycles. The number of carbonyl (C=O) groups is 1. The Morgan fingerprint density at radius 1 is 1.07 bits per heavy atom. The van der Waals surface area contributed by atoms with Crippen molar-refractivity contribution in [3.05, 3.63) is 78.6 Å². The molecule has 0 saturated carbocycles. The Labute approximate surface area is 156 Å². The van der Waals surface area contributed by atoms with Crippen molar-refractivity contribution in [1.82, 2.24) is 9.55 Å². The largest absolute Gasteiger partial charge is 0.496 e. The van der Waals surface area contributed by atoms with Crippen LogP contribution in [0.4, 0.5) is 0 Å². The number of nitrogens with zero attached hydrogens (tertiary/aromatic N) is 2. The molecule has 27 heavy (non-hydrogen) atoms. The fourth-order valence-electron chi connectivity index (χ4n) is 3.22. The smallest absolute Gasteiger partial charge is 0.307 e. The first-order chi connectivity index (χ1) is 13.2. The van der Waals surface area contributed by atoms with E-state index in [4.69, 9.17) is 9.84 Å². The third-order valence-electron chi connectivity index (χ3n) is 4.54. The number of fused-ring (bicyclic) bond motifs is 1. The third-order valence-corrected chi connectivity index (χ3v) is 4.54. The van der Waals surface area contributed by atoms with Crippen LogP contribution in [-0.4, -0.2) is 27.7 Å². The number of imidazole rings is 1. The molecular formula is C22H18N2O3. The van der Waals surface area contributed by atoms with Crippen LogP contribution >= 0.6 is 0 Å². The number of benzene rings is 3. The van der Waals surface area contributed by atoms with Crippen LogP contribution in [0.5, 0.6) is 5.75 Å². The van der Waals surface area contributed by atoms with Gasteiger partial charge in [-0.1, -0.05) is 36.4 Å². The van der Waals surface area contributed by atoms with Crippen LogP contribution in [0.15, 0.2) is 73.1 Å². The molecule has 0 radical (unpaired) electrons. The SMILES string of the molecule is COc1ccccc1-c1ccc2c(c1)ncn2-c1ccc(CC(=O)O)cc1. The van der Waals surface area contributed by atoms with E-state index in [1.165, 1.54) is 0 Å². The summed E-state index contributed by atoms with van der Waals surface area (Å²) in [7, 11) is 1.67. The summed E-state index contributed by atoms with van der Waals surface area (Å²) >= 11 is 0. The summed E-state index contributed by atoms with van der Waals surface area (Å²) in [5.74, 6) is -0.00926. The summed E-state index contributed by atoms with van der Waals surface area (Å²) < 4.78 is 7.45. The van der Waals surface area contributed by atoms with Crippen molar-refractivity contribution in [1.29, 1.82) is 0 Å². The number of methoxy groups -OCH3 is 1. The van der Waals surface area contributed by atoms with Gasteiger partial charge in [-0.3, -0.25) is 9.36 Å². The summed E-state index contributed by atoms with van der Waals surface area (Å²) in [6, 6.07) is 21.5. The maximum absolute atomic E-state index is 10.8. The minimum Gasteiger partial charge on any atom is -0.496 e. The highest BCUT2D eigenvalue weighted by atomic mass is 16.5. The average molecular weight is 358 g/mol. The summed E-state index contributed by atoms with van der Waals surface area (Å²) in [6.07, 6.45) is 1.80. The summed E-state index contributed by atoms with van der Waals surface area (Å²) in [5.41, 5.74) is 5.65. The highest BCUT2D eigenvalue weighted by Gasteiger charge is 2.10. The van der Waals surface area contributed by atoms with E-state index in [2.05, 4.69) is 11.1 Å². The molecule has 0 bridgehead atoms. The van der Waals surface area contributed by atoms with Crippen LogP contribution < -0.4 is 4.74 Å². The zero-order valence-corrected chi connectivity index (χ0v) is 14.8. The van der Waals surface area contributed by atoms with E-state index in [0.717, 1.165) is 39.2 Å². The Balaban J connectivity index is 1.72. The van der Waals surface area contributed by atoms with Gasteiger partial charge in [-0.15, -0.1) is 0 Å². The van der Waals surface area contributed by atoms with Gasteiger partial charge in [0, 0.05) is 11.3 Å². The summed E-state index contributed by atoms with van der Waals surface area (Å²) in [4.78, 5) is 15.4. The second-order valence-electron chi connectivity index (χ2n) is 6.26. The van der Waals surface area contributed by atoms with Crippen molar-refractivity contribution >= 4 is 17.0 Å². The summed E-state index contributed by atoms with van der Waals surface area (Å²) in [5, 5.41) is 8.89. The molecule has 0 unspecified atom stereocenters. The van der Waals surface area contributed by atoms with E-state index in [9.17, 15) is 4.79 Å². The Kier molecular flexibility index (Phi) is 4.34. The number of hydrogen-bond acceptors (Lipinski definition) is 3. The molecule has 4 rings (SSSR count). The molecule has 134 valence electrons.